The Hall–Kier alpha value is -2.61. The van der Waals surface area contributed by atoms with Crippen molar-refractivity contribution in [2.45, 2.75) is 6.92 Å². The molecule has 0 unspecified atom stereocenters. The first kappa shape index (κ1) is 13.4. The second-order valence-electron chi connectivity index (χ2n) is 5.12. The summed E-state index contributed by atoms with van der Waals surface area (Å²) >= 11 is 0. The SMILES string of the molecule is Cc1cc(C#N)nc(N2CCN(c3ccccc3)CC2)n1. The number of piperazine rings is 1. The van der Waals surface area contributed by atoms with Crippen molar-refractivity contribution >= 4 is 11.6 Å². The van der Waals surface area contributed by atoms with E-state index < -0.39 is 0 Å². The molecule has 0 spiro atoms. The largest absolute Gasteiger partial charge is 0.368 e. The van der Waals surface area contributed by atoms with E-state index in [9.17, 15) is 0 Å². The second-order valence-corrected chi connectivity index (χ2v) is 5.12. The fourth-order valence-corrected chi connectivity index (χ4v) is 2.56. The number of nitrogens with zero attached hydrogens (tertiary/aromatic N) is 5. The van der Waals surface area contributed by atoms with Crippen molar-refractivity contribution in [1.82, 2.24) is 9.97 Å². The molecule has 1 aromatic heterocycles. The molecule has 0 N–H and O–H groups in total. The molecule has 2 heterocycles. The molecule has 1 aromatic carbocycles. The van der Waals surface area contributed by atoms with Gasteiger partial charge in [0, 0.05) is 37.6 Å². The first-order valence-corrected chi connectivity index (χ1v) is 7.07. The van der Waals surface area contributed by atoms with E-state index in [0.29, 0.717) is 11.6 Å². The third-order valence-corrected chi connectivity index (χ3v) is 3.64. The Morgan fingerprint density at radius 3 is 2.33 bits per heavy atom. The minimum atomic E-state index is 0.433. The van der Waals surface area contributed by atoms with E-state index in [4.69, 9.17) is 5.26 Å². The minimum Gasteiger partial charge on any atom is -0.368 e. The Labute approximate surface area is 124 Å². The van der Waals surface area contributed by atoms with E-state index in [-0.39, 0.29) is 0 Å². The Morgan fingerprint density at radius 2 is 1.67 bits per heavy atom. The van der Waals surface area contributed by atoms with Crippen LogP contribution in [0.15, 0.2) is 36.4 Å². The number of hydrogen-bond acceptors (Lipinski definition) is 5. The number of benzene rings is 1. The number of hydrogen-bond donors (Lipinski definition) is 0. The van der Waals surface area contributed by atoms with Crippen LogP contribution in [0.3, 0.4) is 0 Å². The Morgan fingerprint density at radius 1 is 1.00 bits per heavy atom. The molecule has 21 heavy (non-hydrogen) atoms. The quantitative estimate of drug-likeness (QED) is 0.841. The van der Waals surface area contributed by atoms with Crippen LogP contribution in [0.5, 0.6) is 0 Å². The lowest BCUT2D eigenvalue weighted by Gasteiger charge is -2.36. The molecule has 1 aliphatic rings. The van der Waals surface area contributed by atoms with Gasteiger partial charge in [0.1, 0.15) is 11.8 Å². The van der Waals surface area contributed by atoms with Crippen molar-refractivity contribution in [3.8, 4) is 6.07 Å². The molecule has 2 aromatic rings. The Kier molecular flexibility index (Phi) is 3.69. The van der Waals surface area contributed by atoms with Gasteiger partial charge in [0.25, 0.3) is 0 Å². The first-order chi connectivity index (χ1) is 10.3. The van der Waals surface area contributed by atoms with Crippen molar-refractivity contribution < 1.29 is 0 Å². The van der Waals surface area contributed by atoms with E-state index in [1.54, 1.807) is 6.07 Å². The van der Waals surface area contributed by atoms with Gasteiger partial charge in [0.2, 0.25) is 5.95 Å². The standard InChI is InChI=1S/C16H17N5/c1-13-11-14(12-17)19-16(18-13)21-9-7-20(8-10-21)15-5-3-2-4-6-15/h2-6,11H,7-10H2,1H3. The van der Waals surface area contributed by atoms with Gasteiger partial charge in [-0.15, -0.1) is 0 Å². The number of aryl methyl sites for hydroxylation is 1. The van der Waals surface area contributed by atoms with Gasteiger partial charge in [-0.1, -0.05) is 18.2 Å². The summed E-state index contributed by atoms with van der Waals surface area (Å²) in [5.41, 5.74) is 2.52. The van der Waals surface area contributed by atoms with Crippen molar-refractivity contribution in [3.05, 3.63) is 47.8 Å². The van der Waals surface area contributed by atoms with Gasteiger partial charge < -0.3 is 9.80 Å². The molecule has 3 rings (SSSR count). The summed E-state index contributed by atoms with van der Waals surface area (Å²) in [7, 11) is 0. The van der Waals surface area contributed by atoms with Gasteiger partial charge >= 0.3 is 0 Å². The van der Waals surface area contributed by atoms with Crippen LogP contribution in [-0.4, -0.2) is 36.1 Å². The van der Waals surface area contributed by atoms with E-state index in [0.717, 1.165) is 31.9 Å². The molecule has 1 saturated heterocycles. The Balaban J connectivity index is 1.71. The zero-order valence-electron chi connectivity index (χ0n) is 12.0. The zero-order chi connectivity index (χ0) is 14.7. The van der Waals surface area contributed by atoms with Gasteiger partial charge in [-0.25, -0.2) is 9.97 Å². The van der Waals surface area contributed by atoms with Gasteiger partial charge in [0.15, 0.2) is 0 Å². The van der Waals surface area contributed by atoms with E-state index in [1.807, 2.05) is 13.0 Å². The van der Waals surface area contributed by atoms with Crippen molar-refractivity contribution in [1.29, 1.82) is 5.26 Å². The third-order valence-electron chi connectivity index (χ3n) is 3.64. The van der Waals surface area contributed by atoms with Crippen LogP contribution in [0.25, 0.3) is 0 Å². The fourth-order valence-electron chi connectivity index (χ4n) is 2.56. The van der Waals surface area contributed by atoms with Crippen LogP contribution >= 0.6 is 0 Å². The number of para-hydroxylation sites is 1. The molecule has 0 aliphatic carbocycles. The summed E-state index contributed by atoms with van der Waals surface area (Å²) in [4.78, 5) is 13.3. The maximum absolute atomic E-state index is 9.01. The molecule has 1 aliphatic heterocycles. The third kappa shape index (κ3) is 2.95. The van der Waals surface area contributed by atoms with Crippen LogP contribution in [0, 0.1) is 18.3 Å². The highest BCUT2D eigenvalue weighted by Gasteiger charge is 2.19. The average Bonchev–Trinajstić information content (AvgIpc) is 2.55. The number of nitriles is 1. The van der Waals surface area contributed by atoms with Crippen LogP contribution in [0.4, 0.5) is 11.6 Å². The van der Waals surface area contributed by atoms with Crippen LogP contribution < -0.4 is 9.80 Å². The number of anilines is 2. The van der Waals surface area contributed by atoms with Gasteiger partial charge in [-0.05, 0) is 25.1 Å². The highest BCUT2D eigenvalue weighted by Crippen LogP contribution is 2.18. The second kappa shape index (κ2) is 5.80. The molecule has 5 nitrogen and oxygen atoms in total. The summed E-state index contributed by atoms with van der Waals surface area (Å²) < 4.78 is 0. The molecule has 0 amide bonds. The molecule has 0 radical (unpaired) electrons. The smallest absolute Gasteiger partial charge is 0.226 e. The molecular formula is C16H17N5. The molecular weight excluding hydrogens is 262 g/mol. The zero-order valence-corrected chi connectivity index (χ0v) is 12.0. The number of aromatic nitrogens is 2. The number of rotatable bonds is 2. The van der Waals surface area contributed by atoms with Gasteiger partial charge in [-0.2, -0.15) is 5.26 Å². The van der Waals surface area contributed by atoms with Gasteiger partial charge in [-0.3, -0.25) is 0 Å². The summed E-state index contributed by atoms with van der Waals surface area (Å²) in [5, 5.41) is 9.01. The monoisotopic (exact) mass is 279 g/mol. The first-order valence-electron chi connectivity index (χ1n) is 7.07. The summed E-state index contributed by atoms with van der Waals surface area (Å²) in [6.07, 6.45) is 0. The van der Waals surface area contributed by atoms with Crippen LogP contribution in [0.1, 0.15) is 11.4 Å². The normalized spacial score (nSPS) is 14.9. The molecule has 0 bridgehead atoms. The minimum absolute atomic E-state index is 0.433. The van der Waals surface area contributed by atoms with Gasteiger partial charge in [0.05, 0.1) is 0 Å². The lowest BCUT2D eigenvalue weighted by molar-refractivity contribution is 0.639. The molecule has 106 valence electrons. The molecule has 0 atom stereocenters. The van der Waals surface area contributed by atoms with Crippen LogP contribution in [0.2, 0.25) is 0 Å². The van der Waals surface area contributed by atoms with E-state index >= 15 is 0 Å². The van der Waals surface area contributed by atoms with E-state index in [2.05, 4.69) is 50.1 Å². The fraction of sp³-hybridized carbons (Fsp3) is 0.312. The molecule has 1 fully saturated rings. The van der Waals surface area contributed by atoms with E-state index in [1.165, 1.54) is 5.69 Å². The predicted molar refractivity (Wildman–Crippen MR) is 82.4 cm³/mol. The average molecular weight is 279 g/mol. The van der Waals surface area contributed by atoms with Crippen molar-refractivity contribution in [2.75, 3.05) is 36.0 Å². The van der Waals surface area contributed by atoms with Crippen molar-refractivity contribution in [3.63, 3.8) is 0 Å². The summed E-state index contributed by atoms with van der Waals surface area (Å²) in [5.74, 6) is 0.666. The Bertz CT molecular complexity index is 654. The lowest BCUT2D eigenvalue weighted by atomic mass is 10.2. The maximum atomic E-state index is 9.01. The van der Waals surface area contributed by atoms with Crippen LogP contribution in [-0.2, 0) is 0 Å². The maximum Gasteiger partial charge on any atom is 0.226 e. The summed E-state index contributed by atoms with van der Waals surface area (Å²) in [6.45, 7) is 5.49. The molecule has 5 heteroatoms. The van der Waals surface area contributed by atoms with Crippen molar-refractivity contribution in [2.24, 2.45) is 0 Å². The predicted octanol–water partition coefficient (Wildman–Crippen LogP) is 1.98. The highest BCUT2D eigenvalue weighted by atomic mass is 15.3. The lowest BCUT2D eigenvalue weighted by Crippen LogP contribution is -2.47. The summed E-state index contributed by atoms with van der Waals surface area (Å²) in [6, 6.07) is 14.2. The topological polar surface area (TPSA) is 56.1 Å². The highest BCUT2D eigenvalue weighted by molar-refractivity contribution is 5.48. The molecule has 0 saturated carbocycles.